The number of methoxy groups -OCH3 is 1. The van der Waals surface area contributed by atoms with E-state index in [-0.39, 0.29) is 5.91 Å². The zero-order chi connectivity index (χ0) is 19.8. The monoisotopic (exact) mass is 378 g/mol. The molecule has 0 saturated heterocycles. The lowest BCUT2D eigenvalue weighted by atomic mass is 10.2. The van der Waals surface area contributed by atoms with Crippen molar-refractivity contribution >= 4 is 11.6 Å². The van der Waals surface area contributed by atoms with Crippen molar-refractivity contribution in [3.8, 4) is 11.4 Å². The lowest BCUT2D eigenvalue weighted by Crippen LogP contribution is -2.26. The zero-order valence-electron chi connectivity index (χ0n) is 16.3. The van der Waals surface area contributed by atoms with Crippen molar-refractivity contribution < 1.29 is 9.53 Å². The summed E-state index contributed by atoms with van der Waals surface area (Å²) in [6.45, 7) is 1.54. The van der Waals surface area contributed by atoms with E-state index in [1.807, 2.05) is 48.5 Å². The first kappa shape index (κ1) is 19.5. The Hall–Kier alpha value is -3.28. The van der Waals surface area contributed by atoms with Gasteiger partial charge in [0.2, 0.25) is 0 Å². The van der Waals surface area contributed by atoms with Crippen LogP contribution in [0.5, 0.6) is 5.75 Å². The molecule has 0 saturated carbocycles. The molecule has 2 aromatic carbocycles. The number of nitrogens with zero attached hydrogens (tertiary/aromatic N) is 3. The number of carbonyl (C=O) groups is 1. The van der Waals surface area contributed by atoms with Gasteiger partial charge in [-0.1, -0.05) is 36.4 Å². The second kappa shape index (κ2) is 9.60. The average molecular weight is 378 g/mol. The summed E-state index contributed by atoms with van der Waals surface area (Å²) in [5.41, 5.74) is 2.37. The molecule has 28 heavy (non-hydrogen) atoms. The predicted molar refractivity (Wildman–Crippen MR) is 111 cm³/mol. The van der Waals surface area contributed by atoms with Gasteiger partial charge in [0.1, 0.15) is 0 Å². The van der Waals surface area contributed by atoms with Crippen LogP contribution in [0.4, 0.5) is 5.69 Å². The number of ether oxygens (including phenoxy) is 1. The van der Waals surface area contributed by atoms with E-state index in [2.05, 4.69) is 34.5 Å². The second-order valence-electron chi connectivity index (χ2n) is 6.55. The SMILES string of the molecule is COc1cn(-c2ccccc2)nc1C(=O)NCCCCN(C)c1ccccc1. The molecule has 146 valence electrons. The summed E-state index contributed by atoms with van der Waals surface area (Å²) in [5.74, 6) is 0.244. The van der Waals surface area contributed by atoms with Crippen LogP contribution in [0.2, 0.25) is 0 Å². The van der Waals surface area contributed by atoms with Crippen molar-refractivity contribution in [3.63, 3.8) is 0 Å². The maximum Gasteiger partial charge on any atom is 0.275 e. The number of carbonyl (C=O) groups excluding carboxylic acids is 1. The van der Waals surface area contributed by atoms with E-state index >= 15 is 0 Å². The second-order valence-corrected chi connectivity index (χ2v) is 6.55. The summed E-state index contributed by atoms with van der Waals surface area (Å²) in [4.78, 5) is 14.7. The van der Waals surface area contributed by atoms with Crippen molar-refractivity contribution in [3.05, 3.63) is 72.6 Å². The van der Waals surface area contributed by atoms with E-state index < -0.39 is 0 Å². The van der Waals surface area contributed by atoms with Gasteiger partial charge in [0.25, 0.3) is 5.91 Å². The minimum Gasteiger partial charge on any atom is -0.493 e. The topological polar surface area (TPSA) is 59.4 Å². The maximum absolute atomic E-state index is 12.5. The van der Waals surface area contributed by atoms with Crippen molar-refractivity contribution in [1.29, 1.82) is 0 Å². The molecule has 0 atom stereocenters. The Morgan fingerprint density at radius 1 is 1.07 bits per heavy atom. The minimum atomic E-state index is -0.219. The number of para-hydroxylation sites is 2. The number of unbranched alkanes of at least 4 members (excludes halogenated alkanes) is 1. The summed E-state index contributed by atoms with van der Waals surface area (Å²) in [6, 6.07) is 19.9. The van der Waals surface area contributed by atoms with Gasteiger partial charge in [-0.15, -0.1) is 0 Å². The zero-order valence-corrected chi connectivity index (χ0v) is 16.3. The Labute approximate surface area is 165 Å². The van der Waals surface area contributed by atoms with Gasteiger partial charge < -0.3 is 15.0 Å². The van der Waals surface area contributed by atoms with E-state index in [0.717, 1.165) is 25.1 Å². The number of nitrogens with one attached hydrogen (secondary N) is 1. The molecule has 6 nitrogen and oxygen atoms in total. The summed E-state index contributed by atoms with van der Waals surface area (Å²) < 4.78 is 6.98. The molecule has 1 N–H and O–H groups in total. The summed E-state index contributed by atoms with van der Waals surface area (Å²) in [6.07, 6.45) is 3.60. The Kier molecular flexibility index (Phi) is 6.68. The van der Waals surface area contributed by atoms with Gasteiger partial charge in [0, 0.05) is 25.8 Å². The molecule has 1 aromatic heterocycles. The van der Waals surface area contributed by atoms with Crippen LogP contribution in [0, 0.1) is 0 Å². The van der Waals surface area contributed by atoms with Crippen LogP contribution in [0.15, 0.2) is 66.9 Å². The first-order valence-electron chi connectivity index (χ1n) is 9.42. The fourth-order valence-corrected chi connectivity index (χ4v) is 2.95. The Bertz CT molecular complexity index is 878. The third kappa shape index (κ3) is 4.91. The molecular formula is C22H26N4O2. The van der Waals surface area contributed by atoms with Gasteiger partial charge in [-0.3, -0.25) is 4.79 Å². The van der Waals surface area contributed by atoms with E-state index in [0.29, 0.717) is 18.0 Å². The molecular weight excluding hydrogens is 352 g/mol. The number of aromatic nitrogens is 2. The highest BCUT2D eigenvalue weighted by atomic mass is 16.5. The molecule has 0 unspecified atom stereocenters. The summed E-state index contributed by atoms with van der Waals surface area (Å²) in [7, 11) is 3.62. The molecule has 1 amide bonds. The standard InChI is InChI=1S/C22H26N4O2/c1-25(18-11-5-3-6-12-18)16-10-9-15-23-22(27)21-20(28-2)17-26(24-21)19-13-7-4-8-14-19/h3-8,11-14,17H,9-10,15-16H2,1-2H3,(H,23,27). The normalized spacial score (nSPS) is 10.5. The van der Waals surface area contributed by atoms with Crippen LogP contribution in [0.25, 0.3) is 5.69 Å². The van der Waals surface area contributed by atoms with E-state index in [9.17, 15) is 4.79 Å². The molecule has 0 spiro atoms. The third-order valence-electron chi connectivity index (χ3n) is 4.54. The molecule has 0 radical (unpaired) electrons. The fourth-order valence-electron chi connectivity index (χ4n) is 2.95. The van der Waals surface area contributed by atoms with Crippen LogP contribution in [-0.2, 0) is 0 Å². The number of hydrogen-bond acceptors (Lipinski definition) is 4. The maximum atomic E-state index is 12.5. The fraction of sp³-hybridized carbons (Fsp3) is 0.273. The third-order valence-corrected chi connectivity index (χ3v) is 4.54. The Morgan fingerprint density at radius 2 is 1.75 bits per heavy atom. The molecule has 0 aliphatic heterocycles. The minimum absolute atomic E-state index is 0.219. The van der Waals surface area contributed by atoms with Crippen LogP contribution >= 0.6 is 0 Å². The quantitative estimate of drug-likeness (QED) is 0.579. The number of amides is 1. The number of hydrogen-bond donors (Lipinski definition) is 1. The molecule has 0 aliphatic rings. The van der Waals surface area contributed by atoms with E-state index in [1.165, 1.54) is 5.69 Å². The van der Waals surface area contributed by atoms with Gasteiger partial charge in [-0.2, -0.15) is 5.10 Å². The highest BCUT2D eigenvalue weighted by Crippen LogP contribution is 2.19. The van der Waals surface area contributed by atoms with Crippen molar-refractivity contribution in [2.45, 2.75) is 12.8 Å². The molecule has 0 fully saturated rings. The molecule has 3 aromatic rings. The molecule has 3 rings (SSSR count). The average Bonchev–Trinajstić information content (AvgIpc) is 3.19. The smallest absolute Gasteiger partial charge is 0.275 e. The predicted octanol–water partition coefficient (Wildman–Crippen LogP) is 3.53. The Morgan fingerprint density at radius 3 is 2.43 bits per heavy atom. The highest BCUT2D eigenvalue weighted by Gasteiger charge is 2.17. The largest absolute Gasteiger partial charge is 0.493 e. The first-order valence-corrected chi connectivity index (χ1v) is 9.42. The van der Waals surface area contributed by atoms with Crippen molar-refractivity contribution in [1.82, 2.24) is 15.1 Å². The number of anilines is 1. The lowest BCUT2D eigenvalue weighted by Gasteiger charge is -2.19. The summed E-state index contributed by atoms with van der Waals surface area (Å²) >= 11 is 0. The van der Waals surface area contributed by atoms with Gasteiger partial charge >= 0.3 is 0 Å². The number of rotatable bonds is 9. The van der Waals surface area contributed by atoms with Gasteiger partial charge in [-0.05, 0) is 37.1 Å². The molecule has 0 bridgehead atoms. The van der Waals surface area contributed by atoms with Gasteiger partial charge in [-0.25, -0.2) is 4.68 Å². The summed E-state index contributed by atoms with van der Waals surface area (Å²) in [5, 5.41) is 7.33. The van der Waals surface area contributed by atoms with Crippen molar-refractivity contribution in [2.75, 3.05) is 32.1 Å². The van der Waals surface area contributed by atoms with E-state index in [1.54, 1.807) is 18.0 Å². The highest BCUT2D eigenvalue weighted by molar-refractivity contribution is 5.94. The van der Waals surface area contributed by atoms with Crippen LogP contribution in [-0.4, -0.2) is 42.9 Å². The van der Waals surface area contributed by atoms with Gasteiger partial charge in [0.05, 0.1) is 19.0 Å². The van der Waals surface area contributed by atoms with E-state index in [4.69, 9.17) is 4.74 Å². The van der Waals surface area contributed by atoms with Gasteiger partial charge in [0.15, 0.2) is 11.4 Å². The van der Waals surface area contributed by atoms with Crippen LogP contribution in [0.1, 0.15) is 23.3 Å². The number of benzene rings is 2. The molecule has 0 aliphatic carbocycles. The first-order chi connectivity index (χ1) is 13.7. The van der Waals surface area contributed by atoms with Crippen LogP contribution in [0.3, 0.4) is 0 Å². The molecule has 1 heterocycles. The lowest BCUT2D eigenvalue weighted by molar-refractivity contribution is 0.0944. The van der Waals surface area contributed by atoms with Crippen LogP contribution < -0.4 is 15.0 Å². The Balaban J connectivity index is 1.49. The molecule has 6 heteroatoms. The van der Waals surface area contributed by atoms with Crippen molar-refractivity contribution in [2.24, 2.45) is 0 Å².